The highest BCUT2D eigenvalue weighted by molar-refractivity contribution is 7.92. The van der Waals surface area contributed by atoms with Gasteiger partial charge in [-0.3, -0.25) is 14.6 Å². The molecule has 0 fully saturated rings. The molecule has 1 heterocycles. The molecule has 3 N–H and O–H groups in total. The number of benzene rings is 2. The number of hydrogen-bond donors (Lipinski definition) is 3. The second-order valence-electron chi connectivity index (χ2n) is 6.01. The Balaban J connectivity index is 1.99. The monoisotopic (exact) mass is 398 g/mol. The molecule has 9 heteroatoms. The number of aryl methyl sites for hydroxylation is 1. The van der Waals surface area contributed by atoms with E-state index in [0.717, 1.165) is 11.1 Å². The van der Waals surface area contributed by atoms with Gasteiger partial charge < -0.3 is 5.32 Å². The van der Waals surface area contributed by atoms with Crippen molar-refractivity contribution < 1.29 is 13.2 Å². The highest BCUT2D eigenvalue weighted by Gasteiger charge is 2.18. The molecule has 0 saturated carbocycles. The third kappa shape index (κ3) is 4.09. The van der Waals surface area contributed by atoms with Gasteiger partial charge in [-0.25, -0.2) is 18.1 Å². The second kappa shape index (κ2) is 7.65. The van der Waals surface area contributed by atoms with Crippen LogP contribution in [0.1, 0.15) is 15.9 Å². The van der Waals surface area contributed by atoms with Crippen LogP contribution in [0.5, 0.6) is 0 Å². The van der Waals surface area contributed by atoms with Crippen LogP contribution in [0.2, 0.25) is 0 Å². The minimum atomic E-state index is -4.07. The summed E-state index contributed by atoms with van der Waals surface area (Å²) in [6.07, 6.45) is 0. The molecule has 0 atom stereocenters. The molecule has 1 aromatic heterocycles. The molecule has 0 spiro atoms. The molecule has 2 aromatic carbocycles. The van der Waals surface area contributed by atoms with Crippen molar-refractivity contribution in [3.63, 3.8) is 0 Å². The predicted octanol–water partition coefficient (Wildman–Crippen LogP) is 1.91. The van der Waals surface area contributed by atoms with Gasteiger partial charge in [-0.2, -0.15) is 0 Å². The van der Waals surface area contributed by atoms with Crippen molar-refractivity contribution >= 4 is 21.9 Å². The molecule has 0 bridgehead atoms. The number of amides is 1. The average molecular weight is 398 g/mol. The lowest BCUT2D eigenvalue weighted by Gasteiger charge is -2.10. The largest absolute Gasteiger partial charge is 0.355 e. The molecule has 0 aliphatic rings. The molecule has 28 heavy (non-hydrogen) atoms. The van der Waals surface area contributed by atoms with Gasteiger partial charge in [0.15, 0.2) is 0 Å². The van der Waals surface area contributed by atoms with Crippen molar-refractivity contribution in [1.29, 1.82) is 0 Å². The molecule has 0 aliphatic heterocycles. The average Bonchev–Trinajstić information content (AvgIpc) is 2.67. The summed E-state index contributed by atoms with van der Waals surface area (Å²) in [5, 5.41) is 2.43. The van der Waals surface area contributed by atoms with Gasteiger partial charge in [0.1, 0.15) is 0 Å². The zero-order chi connectivity index (χ0) is 20.3. The number of aromatic nitrogens is 2. The highest BCUT2D eigenvalue weighted by Crippen LogP contribution is 2.21. The standard InChI is InChI=1S/C19H18N4O4S/c1-12-6-3-4-9-15(12)16-11-17(24)22-19(21-16)23-28(26,27)14-8-5-7-13(10-14)18(25)20-2/h3-11H,1-2H3,(H,20,25)(H2,21,22,23,24). The topological polar surface area (TPSA) is 121 Å². The number of aromatic amines is 1. The van der Waals surface area contributed by atoms with Crippen LogP contribution in [0.15, 0.2) is 64.3 Å². The lowest BCUT2D eigenvalue weighted by molar-refractivity contribution is 0.0963. The van der Waals surface area contributed by atoms with Crippen LogP contribution < -0.4 is 15.6 Å². The molecular weight excluding hydrogens is 380 g/mol. The number of carbonyl (C=O) groups is 1. The first-order chi connectivity index (χ1) is 13.3. The number of rotatable bonds is 5. The van der Waals surface area contributed by atoms with Gasteiger partial charge in [-0.05, 0) is 30.7 Å². The fourth-order valence-corrected chi connectivity index (χ4v) is 3.65. The molecule has 0 saturated heterocycles. The number of nitrogens with zero attached hydrogens (tertiary/aromatic N) is 1. The summed E-state index contributed by atoms with van der Waals surface area (Å²) in [5.74, 6) is -0.624. The van der Waals surface area contributed by atoms with E-state index in [1.54, 1.807) is 12.1 Å². The number of nitrogens with one attached hydrogen (secondary N) is 3. The summed E-state index contributed by atoms with van der Waals surface area (Å²) < 4.78 is 27.6. The van der Waals surface area contributed by atoms with Gasteiger partial charge in [0.25, 0.3) is 21.5 Å². The maximum Gasteiger partial charge on any atom is 0.264 e. The van der Waals surface area contributed by atoms with Crippen LogP contribution in [0, 0.1) is 6.92 Å². The summed E-state index contributed by atoms with van der Waals surface area (Å²) in [7, 11) is -2.61. The maximum absolute atomic E-state index is 12.7. The van der Waals surface area contributed by atoms with Crippen molar-refractivity contribution in [2.75, 3.05) is 11.8 Å². The molecule has 144 valence electrons. The first-order valence-electron chi connectivity index (χ1n) is 8.32. The van der Waals surface area contributed by atoms with Crippen molar-refractivity contribution in [3.05, 3.63) is 76.1 Å². The minimum Gasteiger partial charge on any atom is -0.355 e. The van der Waals surface area contributed by atoms with Gasteiger partial charge >= 0.3 is 0 Å². The molecule has 8 nitrogen and oxygen atoms in total. The predicted molar refractivity (Wildman–Crippen MR) is 106 cm³/mol. The number of anilines is 1. The van der Waals surface area contributed by atoms with Gasteiger partial charge in [0, 0.05) is 24.2 Å². The van der Waals surface area contributed by atoms with E-state index in [1.807, 2.05) is 19.1 Å². The third-order valence-corrected chi connectivity index (χ3v) is 5.36. The quantitative estimate of drug-likeness (QED) is 0.606. The van der Waals surface area contributed by atoms with E-state index in [4.69, 9.17) is 0 Å². The fraction of sp³-hybridized carbons (Fsp3) is 0.105. The summed E-state index contributed by atoms with van der Waals surface area (Å²) in [6.45, 7) is 1.87. The van der Waals surface area contributed by atoms with Crippen LogP contribution in [0.3, 0.4) is 0 Å². The number of hydrogen-bond acceptors (Lipinski definition) is 5. The Morgan fingerprint density at radius 3 is 2.54 bits per heavy atom. The maximum atomic E-state index is 12.7. The van der Waals surface area contributed by atoms with E-state index < -0.39 is 21.5 Å². The Morgan fingerprint density at radius 1 is 1.07 bits per heavy atom. The Morgan fingerprint density at radius 2 is 1.82 bits per heavy atom. The van der Waals surface area contributed by atoms with Gasteiger partial charge in [-0.1, -0.05) is 30.3 Å². The van der Waals surface area contributed by atoms with E-state index in [2.05, 4.69) is 20.0 Å². The molecule has 0 unspecified atom stereocenters. The molecule has 3 rings (SSSR count). The summed E-state index contributed by atoms with van der Waals surface area (Å²) in [5.41, 5.74) is 1.66. The van der Waals surface area contributed by atoms with Crippen LogP contribution in [0.25, 0.3) is 11.3 Å². The van der Waals surface area contributed by atoms with E-state index in [9.17, 15) is 18.0 Å². The zero-order valence-corrected chi connectivity index (χ0v) is 16.0. The Hall–Kier alpha value is -3.46. The van der Waals surface area contributed by atoms with Crippen LogP contribution in [-0.2, 0) is 10.0 Å². The third-order valence-electron chi connectivity index (χ3n) is 4.03. The van der Waals surface area contributed by atoms with Crippen LogP contribution in [-0.4, -0.2) is 31.3 Å². The van der Waals surface area contributed by atoms with Crippen LogP contribution in [0.4, 0.5) is 5.95 Å². The summed E-state index contributed by atoms with van der Waals surface area (Å²) in [6, 6.07) is 14.2. The molecule has 3 aromatic rings. The number of sulfonamides is 1. The second-order valence-corrected chi connectivity index (χ2v) is 7.69. The number of carbonyl (C=O) groups excluding carboxylic acids is 1. The van der Waals surface area contributed by atoms with Gasteiger partial charge in [0.2, 0.25) is 5.95 Å². The van der Waals surface area contributed by atoms with Crippen molar-refractivity contribution in [3.8, 4) is 11.3 Å². The van der Waals surface area contributed by atoms with E-state index in [-0.39, 0.29) is 16.4 Å². The van der Waals surface area contributed by atoms with Crippen LogP contribution >= 0.6 is 0 Å². The fourth-order valence-electron chi connectivity index (χ4n) is 2.64. The normalized spacial score (nSPS) is 11.1. The van der Waals surface area contributed by atoms with Crippen molar-refractivity contribution in [2.45, 2.75) is 11.8 Å². The smallest absolute Gasteiger partial charge is 0.264 e. The first-order valence-corrected chi connectivity index (χ1v) is 9.81. The van der Waals surface area contributed by atoms with E-state index in [1.165, 1.54) is 37.4 Å². The van der Waals surface area contributed by atoms with Gasteiger partial charge in [-0.15, -0.1) is 0 Å². The first kappa shape index (κ1) is 19.3. The van der Waals surface area contributed by atoms with E-state index >= 15 is 0 Å². The molecule has 0 radical (unpaired) electrons. The Kier molecular flexibility index (Phi) is 5.27. The van der Waals surface area contributed by atoms with Crippen molar-refractivity contribution in [1.82, 2.24) is 15.3 Å². The summed E-state index contributed by atoms with van der Waals surface area (Å²) >= 11 is 0. The lowest BCUT2D eigenvalue weighted by atomic mass is 10.1. The SMILES string of the molecule is CNC(=O)c1cccc(S(=O)(=O)Nc2nc(-c3ccccc3C)cc(=O)[nH]2)c1. The minimum absolute atomic E-state index is 0.127. The molecule has 0 aliphatic carbocycles. The molecular formula is C19H18N4O4S. The zero-order valence-electron chi connectivity index (χ0n) is 15.2. The Labute approximate surface area is 161 Å². The number of H-pyrrole nitrogens is 1. The van der Waals surface area contributed by atoms with Gasteiger partial charge in [0.05, 0.1) is 10.6 Å². The van der Waals surface area contributed by atoms with Crippen molar-refractivity contribution in [2.24, 2.45) is 0 Å². The lowest BCUT2D eigenvalue weighted by Crippen LogP contribution is -2.21. The Bertz CT molecular complexity index is 1200. The highest BCUT2D eigenvalue weighted by atomic mass is 32.2. The molecule has 1 amide bonds. The summed E-state index contributed by atoms with van der Waals surface area (Å²) in [4.78, 5) is 30.2. The van der Waals surface area contributed by atoms with E-state index in [0.29, 0.717) is 5.69 Å².